The molecule has 3 nitrogen and oxygen atoms in total. The molecule has 72 valence electrons. The van der Waals surface area contributed by atoms with E-state index in [1.165, 1.54) is 13.0 Å². The van der Waals surface area contributed by atoms with E-state index >= 15 is 0 Å². The number of hydrogen-bond acceptors (Lipinski definition) is 3. The second-order valence-electron chi connectivity index (χ2n) is 3.74. The van der Waals surface area contributed by atoms with E-state index in [1.54, 1.807) is 6.08 Å². The number of hydrogen-bond donors (Lipinski definition) is 0. The SMILES string of the molecule is CC(=O)CC1(C(C)C)C=CC(=O)O1. The quantitative estimate of drug-likeness (QED) is 0.621. The first-order valence-corrected chi connectivity index (χ1v) is 4.38. The molecular formula is C10H14O3. The summed E-state index contributed by atoms with van der Waals surface area (Å²) in [6.07, 6.45) is 3.36. The molecule has 13 heavy (non-hydrogen) atoms. The van der Waals surface area contributed by atoms with Gasteiger partial charge in [-0.2, -0.15) is 0 Å². The Kier molecular flexibility index (Phi) is 2.55. The molecule has 1 aliphatic rings. The van der Waals surface area contributed by atoms with Gasteiger partial charge in [-0.15, -0.1) is 0 Å². The zero-order chi connectivity index (χ0) is 10.1. The van der Waals surface area contributed by atoms with Crippen molar-refractivity contribution in [3.8, 4) is 0 Å². The lowest BCUT2D eigenvalue weighted by atomic mass is 9.86. The lowest BCUT2D eigenvalue weighted by molar-refractivity contribution is -0.150. The first-order valence-electron chi connectivity index (χ1n) is 4.38. The molecule has 0 spiro atoms. The Hall–Kier alpha value is -1.12. The fraction of sp³-hybridized carbons (Fsp3) is 0.600. The summed E-state index contributed by atoms with van der Waals surface area (Å²) in [5, 5.41) is 0. The Morgan fingerprint density at radius 3 is 2.54 bits per heavy atom. The Balaban J connectivity index is 2.84. The fourth-order valence-electron chi connectivity index (χ4n) is 1.46. The molecule has 1 rings (SSSR count). The van der Waals surface area contributed by atoms with Crippen molar-refractivity contribution in [2.75, 3.05) is 0 Å². The fourth-order valence-corrected chi connectivity index (χ4v) is 1.46. The van der Waals surface area contributed by atoms with Crippen molar-refractivity contribution in [2.24, 2.45) is 5.92 Å². The smallest absolute Gasteiger partial charge is 0.331 e. The monoisotopic (exact) mass is 182 g/mol. The molecule has 1 unspecified atom stereocenters. The normalized spacial score (nSPS) is 26.6. The van der Waals surface area contributed by atoms with Crippen LogP contribution in [0.2, 0.25) is 0 Å². The molecular weight excluding hydrogens is 168 g/mol. The third-order valence-corrected chi connectivity index (χ3v) is 2.29. The van der Waals surface area contributed by atoms with Crippen molar-refractivity contribution >= 4 is 11.8 Å². The van der Waals surface area contributed by atoms with Crippen molar-refractivity contribution in [2.45, 2.75) is 32.8 Å². The van der Waals surface area contributed by atoms with Gasteiger partial charge in [-0.05, 0) is 18.9 Å². The lowest BCUT2D eigenvalue weighted by Crippen LogP contribution is -2.36. The first kappa shape index (κ1) is 9.96. The maximum Gasteiger partial charge on any atom is 0.331 e. The highest BCUT2D eigenvalue weighted by Gasteiger charge is 2.39. The molecule has 0 N–H and O–H groups in total. The summed E-state index contributed by atoms with van der Waals surface area (Å²) < 4.78 is 5.15. The summed E-state index contributed by atoms with van der Waals surface area (Å²) in [7, 11) is 0. The van der Waals surface area contributed by atoms with Gasteiger partial charge in [0.05, 0.1) is 0 Å². The molecule has 1 heterocycles. The molecule has 1 aliphatic heterocycles. The summed E-state index contributed by atoms with van der Waals surface area (Å²) in [5.74, 6) is -0.192. The van der Waals surface area contributed by atoms with Gasteiger partial charge in [0, 0.05) is 12.5 Å². The number of ether oxygens (including phenoxy) is 1. The van der Waals surface area contributed by atoms with Crippen LogP contribution in [0.3, 0.4) is 0 Å². The van der Waals surface area contributed by atoms with Crippen LogP contribution in [0, 0.1) is 5.92 Å². The van der Waals surface area contributed by atoms with Crippen molar-refractivity contribution in [1.82, 2.24) is 0 Å². The zero-order valence-electron chi connectivity index (χ0n) is 8.16. The van der Waals surface area contributed by atoms with E-state index in [-0.39, 0.29) is 24.1 Å². The highest BCUT2D eigenvalue weighted by Crippen LogP contribution is 2.32. The van der Waals surface area contributed by atoms with Crippen LogP contribution in [0.15, 0.2) is 12.2 Å². The lowest BCUT2D eigenvalue weighted by Gasteiger charge is -2.29. The number of Topliss-reactive ketones (excluding diaryl/α,β-unsaturated/α-hetero) is 1. The summed E-state index contributed by atoms with van der Waals surface area (Å²) in [4.78, 5) is 21.9. The third-order valence-electron chi connectivity index (χ3n) is 2.29. The number of carbonyl (C=O) groups excluding carboxylic acids is 2. The molecule has 0 bridgehead atoms. The van der Waals surface area contributed by atoms with Gasteiger partial charge in [-0.1, -0.05) is 13.8 Å². The molecule has 0 radical (unpaired) electrons. The van der Waals surface area contributed by atoms with E-state index < -0.39 is 5.60 Å². The van der Waals surface area contributed by atoms with Gasteiger partial charge in [0.2, 0.25) is 0 Å². The van der Waals surface area contributed by atoms with Gasteiger partial charge in [-0.3, -0.25) is 4.79 Å². The van der Waals surface area contributed by atoms with Crippen LogP contribution >= 0.6 is 0 Å². The molecule has 0 saturated carbocycles. The van der Waals surface area contributed by atoms with Crippen LogP contribution in [-0.4, -0.2) is 17.4 Å². The third kappa shape index (κ3) is 1.97. The largest absolute Gasteiger partial charge is 0.451 e. The van der Waals surface area contributed by atoms with E-state index in [4.69, 9.17) is 4.74 Å². The molecule has 0 aromatic carbocycles. The van der Waals surface area contributed by atoms with Crippen LogP contribution in [-0.2, 0) is 14.3 Å². The molecule has 0 aromatic rings. The van der Waals surface area contributed by atoms with Crippen molar-refractivity contribution < 1.29 is 14.3 Å². The summed E-state index contributed by atoms with van der Waals surface area (Å²) >= 11 is 0. The second kappa shape index (κ2) is 3.32. The van der Waals surface area contributed by atoms with Crippen molar-refractivity contribution in [3.05, 3.63) is 12.2 Å². The zero-order valence-corrected chi connectivity index (χ0v) is 8.16. The molecule has 3 heteroatoms. The average Bonchev–Trinajstić information content (AvgIpc) is 2.31. The van der Waals surface area contributed by atoms with E-state index in [0.29, 0.717) is 0 Å². The van der Waals surface area contributed by atoms with Crippen LogP contribution < -0.4 is 0 Å². The summed E-state index contributed by atoms with van der Waals surface area (Å²) in [6.45, 7) is 5.38. The number of ketones is 1. The molecule has 0 amide bonds. The maximum atomic E-state index is 11.0. The summed E-state index contributed by atoms with van der Waals surface area (Å²) in [5.41, 5.74) is -0.692. The van der Waals surface area contributed by atoms with Crippen LogP contribution in [0.1, 0.15) is 27.2 Å². The van der Waals surface area contributed by atoms with Gasteiger partial charge in [0.1, 0.15) is 11.4 Å². The minimum absolute atomic E-state index is 0.0352. The molecule has 1 atom stereocenters. The van der Waals surface area contributed by atoms with Gasteiger partial charge >= 0.3 is 5.97 Å². The number of esters is 1. The molecule has 0 saturated heterocycles. The van der Waals surface area contributed by atoms with Crippen molar-refractivity contribution in [1.29, 1.82) is 0 Å². The van der Waals surface area contributed by atoms with Crippen LogP contribution in [0.4, 0.5) is 0 Å². The molecule has 0 aromatic heterocycles. The Labute approximate surface area is 77.8 Å². The van der Waals surface area contributed by atoms with E-state index in [1.807, 2.05) is 13.8 Å². The van der Waals surface area contributed by atoms with E-state index in [2.05, 4.69) is 0 Å². The Bertz CT molecular complexity index is 265. The highest BCUT2D eigenvalue weighted by molar-refractivity contribution is 5.87. The standard InChI is InChI=1S/C10H14O3/c1-7(2)10(6-8(3)11)5-4-9(12)13-10/h4-5,7H,6H2,1-3H3. The number of rotatable bonds is 3. The second-order valence-corrected chi connectivity index (χ2v) is 3.74. The molecule has 0 aliphatic carbocycles. The van der Waals surface area contributed by atoms with Gasteiger partial charge in [0.25, 0.3) is 0 Å². The maximum absolute atomic E-state index is 11.0. The van der Waals surface area contributed by atoms with Crippen LogP contribution in [0.25, 0.3) is 0 Å². The number of carbonyl (C=O) groups is 2. The summed E-state index contributed by atoms with van der Waals surface area (Å²) in [6, 6.07) is 0. The predicted octanol–water partition coefficient (Wildman–Crippen LogP) is 1.47. The van der Waals surface area contributed by atoms with Gasteiger partial charge < -0.3 is 4.74 Å². The van der Waals surface area contributed by atoms with Crippen LogP contribution in [0.5, 0.6) is 0 Å². The highest BCUT2D eigenvalue weighted by atomic mass is 16.6. The Morgan fingerprint density at radius 2 is 2.23 bits per heavy atom. The topological polar surface area (TPSA) is 43.4 Å². The minimum Gasteiger partial charge on any atom is -0.451 e. The van der Waals surface area contributed by atoms with E-state index in [0.717, 1.165) is 0 Å². The van der Waals surface area contributed by atoms with E-state index in [9.17, 15) is 9.59 Å². The molecule has 0 fully saturated rings. The van der Waals surface area contributed by atoms with Gasteiger partial charge in [0.15, 0.2) is 0 Å². The van der Waals surface area contributed by atoms with Crippen molar-refractivity contribution in [3.63, 3.8) is 0 Å². The first-order chi connectivity index (χ1) is 5.96. The predicted molar refractivity (Wildman–Crippen MR) is 48.1 cm³/mol. The van der Waals surface area contributed by atoms with Gasteiger partial charge in [-0.25, -0.2) is 4.79 Å². The average molecular weight is 182 g/mol. The minimum atomic E-state index is -0.692. The Morgan fingerprint density at radius 1 is 1.62 bits per heavy atom. The number of cyclic esters (lactones) is 1.